The van der Waals surface area contributed by atoms with Gasteiger partial charge >= 0.3 is 5.97 Å². The number of methoxy groups -OCH3 is 1. The van der Waals surface area contributed by atoms with Gasteiger partial charge in [0.05, 0.1) is 13.5 Å². The first-order valence-corrected chi connectivity index (χ1v) is 4.64. The van der Waals surface area contributed by atoms with Gasteiger partial charge in [0, 0.05) is 6.07 Å². The zero-order valence-electron chi connectivity index (χ0n) is 8.77. The molecule has 0 amide bonds. The van der Waals surface area contributed by atoms with Crippen molar-refractivity contribution in [2.45, 2.75) is 19.4 Å². The lowest BCUT2D eigenvalue weighted by Gasteiger charge is -2.13. The van der Waals surface area contributed by atoms with Gasteiger partial charge in [-0.05, 0) is 19.1 Å². The molecular weight excluding hydrogens is 196 g/mol. The molecule has 1 rings (SSSR count). The zero-order valence-corrected chi connectivity index (χ0v) is 8.77. The molecule has 0 saturated carbocycles. The van der Waals surface area contributed by atoms with Crippen LogP contribution in [-0.2, 0) is 4.79 Å². The van der Waals surface area contributed by atoms with E-state index >= 15 is 0 Å². The molecule has 0 aliphatic carbocycles. The lowest BCUT2D eigenvalue weighted by Crippen LogP contribution is -2.16. The molecule has 1 N–H and O–H groups in total. The van der Waals surface area contributed by atoms with Crippen LogP contribution in [0.15, 0.2) is 24.3 Å². The molecule has 0 unspecified atom stereocenters. The van der Waals surface area contributed by atoms with Crippen molar-refractivity contribution in [1.82, 2.24) is 0 Å². The first kappa shape index (κ1) is 11.4. The lowest BCUT2D eigenvalue weighted by atomic mass is 10.3. The first-order valence-electron chi connectivity index (χ1n) is 4.64. The molecule has 4 nitrogen and oxygen atoms in total. The minimum atomic E-state index is -0.870. The van der Waals surface area contributed by atoms with Crippen LogP contribution in [0.2, 0.25) is 0 Å². The highest BCUT2D eigenvalue weighted by Gasteiger charge is 2.09. The van der Waals surface area contributed by atoms with Crippen LogP contribution < -0.4 is 9.47 Å². The molecule has 0 fully saturated rings. The van der Waals surface area contributed by atoms with Crippen LogP contribution in [0.1, 0.15) is 13.3 Å². The highest BCUT2D eigenvalue weighted by molar-refractivity contribution is 5.67. The van der Waals surface area contributed by atoms with Crippen molar-refractivity contribution in [3.8, 4) is 11.5 Å². The van der Waals surface area contributed by atoms with Crippen LogP contribution >= 0.6 is 0 Å². The van der Waals surface area contributed by atoms with Crippen molar-refractivity contribution in [2.75, 3.05) is 7.11 Å². The van der Waals surface area contributed by atoms with Gasteiger partial charge in [-0.25, -0.2) is 0 Å². The Hall–Kier alpha value is -1.71. The van der Waals surface area contributed by atoms with Crippen molar-refractivity contribution in [2.24, 2.45) is 0 Å². The smallest absolute Gasteiger partial charge is 0.307 e. The van der Waals surface area contributed by atoms with Gasteiger partial charge in [0.15, 0.2) is 0 Å². The summed E-state index contributed by atoms with van der Waals surface area (Å²) in [4.78, 5) is 10.4. The summed E-state index contributed by atoms with van der Waals surface area (Å²) in [6, 6.07) is 7.08. The molecule has 82 valence electrons. The Morgan fingerprint density at radius 3 is 2.73 bits per heavy atom. The van der Waals surface area contributed by atoms with Crippen molar-refractivity contribution >= 4 is 5.97 Å². The Labute approximate surface area is 88.4 Å². The van der Waals surface area contributed by atoms with Crippen molar-refractivity contribution in [3.05, 3.63) is 24.3 Å². The zero-order chi connectivity index (χ0) is 11.3. The van der Waals surface area contributed by atoms with Crippen LogP contribution in [0, 0.1) is 0 Å². The molecule has 0 bridgehead atoms. The number of aliphatic carboxylic acids is 1. The van der Waals surface area contributed by atoms with Gasteiger partial charge in [-0.15, -0.1) is 0 Å². The second-order valence-corrected chi connectivity index (χ2v) is 3.21. The molecule has 1 aromatic carbocycles. The third kappa shape index (κ3) is 3.89. The summed E-state index contributed by atoms with van der Waals surface area (Å²) < 4.78 is 10.4. The van der Waals surface area contributed by atoms with E-state index in [9.17, 15) is 4.79 Å². The standard InChI is InChI=1S/C11H14O4/c1-8(6-11(12)13)15-10-5-3-4-9(7-10)14-2/h3-5,7-8H,6H2,1-2H3,(H,12,13)/t8-/m1/s1. The second kappa shape index (κ2) is 5.24. The van der Waals surface area contributed by atoms with Crippen molar-refractivity contribution in [3.63, 3.8) is 0 Å². The summed E-state index contributed by atoms with van der Waals surface area (Å²) in [7, 11) is 1.57. The number of ether oxygens (including phenoxy) is 2. The third-order valence-electron chi connectivity index (χ3n) is 1.84. The van der Waals surface area contributed by atoms with E-state index in [1.165, 1.54) is 0 Å². The monoisotopic (exact) mass is 210 g/mol. The second-order valence-electron chi connectivity index (χ2n) is 3.21. The molecule has 0 heterocycles. The molecule has 0 spiro atoms. The Morgan fingerprint density at radius 2 is 2.13 bits per heavy atom. The fourth-order valence-electron chi connectivity index (χ4n) is 1.19. The molecular formula is C11H14O4. The summed E-state index contributed by atoms with van der Waals surface area (Å²) in [5, 5.41) is 8.56. The molecule has 0 aliphatic heterocycles. The number of carboxylic acid groups (broad SMARTS) is 1. The van der Waals surface area contributed by atoms with Crippen molar-refractivity contribution < 1.29 is 19.4 Å². The fourth-order valence-corrected chi connectivity index (χ4v) is 1.19. The highest BCUT2D eigenvalue weighted by atomic mass is 16.5. The number of benzene rings is 1. The summed E-state index contributed by atoms with van der Waals surface area (Å²) in [6.45, 7) is 1.72. The van der Waals surface area contributed by atoms with Crippen LogP contribution in [-0.4, -0.2) is 24.3 Å². The van der Waals surface area contributed by atoms with Gasteiger partial charge in [0.1, 0.15) is 17.6 Å². The molecule has 4 heteroatoms. The van der Waals surface area contributed by atoms with Crippen LogP contribution in [0.25, 0.3) is 0 Å². The summed E-state index contributed by atoms with van der Waals surface area (Å²) in [6.07, 6.45) is -0.369. The minimum absolute atomic E-state index is 0.0167. The molecule has 0 aromatic heterocycles. The quantitative estimate of drug-likeness (QED) is 0.806. The molecule has 0 saturated heterocycles. The summed E-state index contributed by atoms with van der Waals surface area (Å²) in [5.74, 6) is 0.434. The number of hydrogen-bond donors (Lipinski definition) is 1. The molecule has 1 aromatic rings. The van der Waals surface area contributed by atoms with Gasteiger partial charge in [-0.2, -0.15) is 0 Å². The van der Waals surface area contributed by atoms with E-state index in [1.807, 2.05) is 0 Å². The van der Waals surface area contributed by atoms with Gasteiger partial charge in [0.25, 0.3) is 0 Å². The average molecular weight is 210 g/mol. The Bertz CT molecular complexity index is 335. The van der Waals surface area contributed by atoms with E-state index in [0.29, 0.717) is 11.5 Å². The van der Waals surface area contributed by atoms with E-state index < -0.39 is 5.97 Å². The van der Waals surface area contributed by atoms with E-state index in [1.54, 1.807) is 38.3 Å². The van der Waals surface area contributed by atoms with Crippen LogP contribution in [0.5, 0.6) is 11.5 Å². The number of carbonyl (C=O) groups is 1. The minimum Gasteiger partial charge on any atom is -0.497 e. The number of rotatable bonds is 5. The molecule has 0 aliphatic rings. The predicted octanol–water partition coefficient (Wildman–Crippen LogP) is 1.94. The maximum atomic E-state index is 10.4. The number of carboxylic acids is 1. The molecule has 0 radical (unpaired) electrons. The van der Waals surface area contributed by atoms with Gasteiger partial charge in [-0.3, -0.25) is 4.79 Å². The topological polar surface area (TPSA) is 55.8 Å². The Kier molecular flexibility index (Phi) is 3.97. The summed E-state index contributed by atoms with van der Waals surface area (Å²) >= 11 is 0. The van der Waals surface area contributed by atoms with E-state index in [-0.39, 0.29) is 12.5 Å². The van der Waals surface area contributed by atoms with Crippen LogP contribution in [0.3, 0.4) is 0 Å². The average Bonchev–Trinajstić information content (AvgIpc) is 2.16. The first-order chi connectivity index (χ1) is 7.11. The van der Waals surface area contributed by atoms with Crippen LogP contribution in [0.4, 0.5) is 0 Å². The van der Waals surface area contributed by atoms with Gasteiger partial charge in [0.2, 0.25) is 0 Å². The normalized spacial score (nSPS) is 11.9. The van der Waals surface area contributed by atoms with E-state index in [4.69, 9.17) is 14.6 Å². The summed E-state index contributed by atoms with van der Waals surface area (Å²) in [5.41, 5.74) is 0. The van der Waals surface area contributed by atoms with Gasteiger partial charge < -0.3 is 14.6 Å². The fraction of sp³-hybridized carbons (Fsp3) is 0.364. The Morgan fingerprint density at radius 1 is 1.47 bits per heavy atom. The largest absolute Gasteiger partial charge is 0.497 e. The maximum Gasteiger partial charge on any atom is 0.307 e. The highest BCUT2D eigenvalue weighted by Crippen LogP contribution is 2.20. The van der Waals surface area contributed by atoms with E-state index in [0.717, 1.165) is 0 Å². The molecule has 1 atom stereocenters. The SMILES string of the molecule is COc1cccc(O[C@H](C)CC(=O)O)c1. The Balaban J connectivity index is 2.59. The third-order valence-corrected chi connectivity index (χ3v) is 1.84. The molecule has 15 heavy (non-hydrogen) atoms. The maximum absolute atomic E-state index is 10.4. The number of hydrogen-bond acceptors (Lipinski definition) is 3. The predicted molar refractivity (Wildman–Crippen MR) is 55.3 cm³/mol. The van der Waals surface area contributed by atoms with E-state index in [2.05, 4.69) is 0 Å². The van der Waals surface area contributed by atoms with Crippen molar-refractivity contribution in [1.29, 1.82) is 0 Å². The van der Waals surface area contributed by atoms with Gasteiger partial charge in [-0.1, -0.05) is 6.07 Å². The lowest BCUT2D eigenvalue weighted by molar-refractivity contribution is -0.138.